The molecule has 1 nitrogen and oxygen atoms in total. The van der Waals surface area contributed by atoms with Gasteiger partial charge in [-0.2, -0.15) is 23.7 Å². The molecule has 0 aliphatic heterocycles. The summed E-state index contributed by atoms with van der Waals surface area (Å²) in [6.07, 6.45) is 1.19. The molecule has 0 aromatic heterocycles. The Kier molecular flexibility index (Phi) is 7.29. The van der Waals surface area contributed by atoms with Gasteiger partial charge >= 0.3 is 0 Å². The van der Waals surface area contributed by atoms with Crippen LogP contribution in [0.4, 0.5) is 0 Å². The molecule has 2 rings (SSSR count). The van der Waals surface area contributed by atoms with E-state index in [1.807, 2.05) is 0 Å². The van der Waals surface area contributed by atoms with E-state index in [0.29, 0.717) is 12.0 Å². The maximum absolute atomic E-state index is 2.56. The standard InChI is InChI=1S/C18H25N.Fe/c1-4-19(5-2)18(17-12-8-9-13-17)14-15(3)16-10-6-7-11-16;/h6-13,15,18H,4-5,14H2,1-3H3;/q-6;. The predicted molar refractivity (Wildman–Crippen MR) is 82.8 cm³/mol. The van der Waals surface area contributed by atoms with Gasteiger partial charge in [0.2, 0.25) is 0 Å². The molecular weight excluding hydrogens is 286 g/mol. The van der Waals surface area contributed by atoms with Crippen LogP contribution in [0.15, 0.2) is 48.5 Å². The van der Waals surface area contributed by atoms with E-state index in [1.165, 1.54) is 17.5 Å². The van der Waals surface area contributed by atoms with Crippen LogP contribution in [-0.2, 0) is 17.1 Å². The monoisotopic (exact) mass is 311 g/mol. The molecule has 20 heavy (non-hydrogen) atoms. The number of hydrogen-bond acceptors (Lipinski definition) is 1. The van der Waals surface area contributed by atoms with Gasteiger partial charge in [-0.05, 0) is 13.1 Å². The molecule has 0 heterocycles. The van der Waals surface area contributed by atoms with E-state index in [0.717, 1.165) is 13.1 Å². The molecule has 0 aliphatic carbocycles. The third-order valence-electron chi connectivity index (χ3n) is 4.16. The van der Waals surface area contributed by atoms with Gasteiger partial charge in [-0.3, -0.25) is 0 Å². The quantitative estimate of drug-likeness (QED) is 0.529. The van der Waals surface area contributed by atoms with Gasteiger partial charge in [0.25, 0.3) is 0 Å². The number of hydrogen-bond donors (Lipinski definition) is 0. The van der Waals surface area contributed by atoms with Crippen molar-refractivity contribution in [2.24, 2.45) is 0 Å². The van der Waals surface area contributed by atoms with Gasteiger partial charge < -0.3 is 34.7 Å². The summed E-state index contributed by atoms with van der Waals surface area (Å²) in [7, 11) is 0. The Hall–Kier alpha value is -0.821. The summed E-state index contributed by atoms with van der Waals surface area (Å²) >= 11 is 0. The Morgan fingerprint density at radius 3 is 2.10 bits per heavy atom. The van der Waals surface area contributed by atoms with Gasteiger partial charge in [-0.15, -0.1) is 0 Å². The summed E-state index contributed by atoms with van der Waals surface area (Å²) in [5.74, 6) is 0.607. The minimum atomic E-state index is 0. The fourth-order valence-electron chi connectivity index (χ4n) is 2.96. The van der Waals surface area contributed by atoms with Crippen LogP contribution in [0.1, 0.15) is 50.3 Å². The van der Waals surface area contributed by atoms with Gasteiger partial charge in [-0.1, -0.05) is 33.1 Å². The van der Waals surface area contributed by atoms with Crippen LogP contribution in [0, 0.1) is 0 Å². The predicted octanol–water partition coefficient (Wildman–Crippen LogP) is 4.70. The Morgan fingerprint density at radius 1 is 1.05 bits per heavy atom. The average Bonchev–Trinajstić information content (AvgIpc) is 3.12. The third-order valence-corrected chi connectivity index (χ3v) is 4.16. The van der Waals surface area contributed by atoms with Gasteiger partial charge in [-0.25, -0.2) is 12.1 Å². The zero-order valence-corrected chi connectivity index (χ0v) is 13.8. The third kappa shape index (κ3) is 4.09. The SMILES string of the molecule is CCN(CC)C(CC(C)[c-]1cccc1)[c-]1[cH-][cH-][cH-][cH-]1.[Fe]. The fraction of sp³-hybridized carbons (Fsp3) is 0.444. The second kappa shape index (κ2) is 8.46. The molecule has 0 saturated heterocycles. The molecular formula is C18H25FeN-6. The van der Waals surface area contributed by atoms with E-state index in [9.17, 15) is 0 Å². The van der Waals surface area contributed by atoms with Crippen molar-refractivity contribution in [3.63, 3.8) is 0 Å². The van der Waals surface area contributed by atoms with Gasteiger partial charge in [0.15, 0.2) is 0 Å². The van der Waals surface area contributed by atoms with Crippen LogP contribution in [0.25, 0.3) is 0 Å². The van der Waals surface area contributed by atoms with E-state index in [4.69, 9.17) is 0 Å². The van der Waals surface area contributed by atoms with Crippen LogP contribution in [0.3, 0.4) is 0 Å². The van der Waals surface area contributed by atoms with Crippen LogP contribution >= 0.6 is 0 Å². The molecule has 0 saturated carbocycles. The summed E-state index contributed by atoms with van der Waals surface area (Å²) in [5.41, 5.74) is 2.92. The first-order valence-electron chi connectivity index (χ1n) is 7.43. The Bertz CT molecular complexity index is 440. The van der Waals surface area contributed by atoms with Crippen molar-refractivity contribution in [1.29, 1.82) is 0 Å². The fourth-order valence-corrected chi connectivity index (χ4v) is 2.96. The van der Waals surface area contributed by atoms with E-state index in [-0.39, 0.29) is 17.1 Å². The van der Waals surface area contributed by atoms with Crippen molar-refractivity contribution in [2.45, 2.75) is 39.2 Å². The second-order valence-corrected chi connectivity index (χ2v) is 5.31. The van der Waals surface area contributed by atoms with E-state index in [1.54, 1.807) is 0 Å². The Morgan fingerprint density at radius 2 is 1.60 bits per heavy atom. The molecule has 0 aliphatic rings. The summed E-state index contributed by atoms with van der Waals surface area (Å²) in [4.78, 5) is 2.56. The molecule has 2 unspecified atom stereocenters. The van der Waals surface area contributed by atoms with Crippen LogP contribution in [-0.4, -0.2) is 18.0 Å². The first-order chi connectivity index (χ1) is 9.26. The summed E-state index contributed by atoms with van der Waals surface area (Å²) in [5, 5.41) is 0. The van der Waals surface area contributed by atoms with Crippen molar-refractivity contribution in [1.82, 2.24) is 4.90 Å². The molecule has 0 bridgehead atoms. The maximum Gasteiger partial charge on any atom is 0 e. The maximum atomic E-state index is 2.56. The first kappa shape index (κ1) is 17.2. The summed E-state index contributed by atoms with van der Waals surface area (Å²) < 4.78 is 0. The Balaban J connectivity index is 0.00000200. The molecule has 0 amide bonds. The molecule has 2 aromatic rings. The van der Waals surface area contributed by atoms with Crippen molar-refractivity contribution < 1.29 is 17.1 Å². The number of rotatable bonds is 7. The van der Waals surface area contributed by atoms with Crippen molar-refractivity contribution in [3.05, 3.63) is 59.7 Å². The van der Waals surface area contributed by atoms with Gasteiger partial charge in [0.1, 0.15) is 0 Å². The smallest absolute Gasteiger partial charge is 0 e. The zero-order chi connectivity index (χ0) is 13.7. The molecule has 0 N–H and O–H groups in total. The molecule has 2 aromatic carbocycles. The molecule has 2 atom stereocenters. The molecule has 0 fully saturated rings. The largest absolute Gasteiger partial charge is 0.748 e. The molecule has 2 heteroatoms. The average molecular weight is 311 g/mol. The van der Waals surface area contributed by atoms with Crippen molar-refractivity contribution in [2.75, 3.05) is 13.1 Å². The van der Waals surface area contributed by atoms with Crippen LogP contribution < -0.4 is 0 Å². The van der Waals surface area contributed by atoms with E-state index in [2.05, 4.69) is 74.2 Å². The van der Waals surface area contributed by atoms with E-state index >= 15 is 0 Å². The van der Waals surface area contributed by atoms with Crippen molar-refractivity contribution in [3.8, 4) is 0 Å². The van der Waals surface area contributed by atoms with Crippen molar-refractivity contribution >= 4 is 0 Å². The molecule has 0 spiro atoms. The number of nitrogens with zero attached hydrogens (tertiary/aromatic N) is 1. The second-order valence-electron chi connectivity index (χ2n) is 5.31. The Labute approximate surface area is 134 Å². The van der Waals surface area contributed by atoms with Gasteiger partial charge in [0, 0.05) is 17.1 Å². The minimum Gasteiger partial charge on any atom is -0.748 e. The first-order valence-corrected chi connectivity index (χ1v) is 7.43. The van der Waals surface area contributed by atoms with Crippen LogP contribution in [0.2, 0.25) is 0 Å². The van der Waals surface area contributed by atoms with E-state index < -0.39 is 0 Å². The van der Waals surface area contributed by atoms with Crippen LogP contribution in [0.5, 0.6) is 0 Å². The normalized spacial score (nSPS) is 14.0. The summed E-state index contributed by atoms with van der Waals surface area (Å²) in [6.45, 7) is 9.08. The van der Waals surface area contributed by atoms with Gasteiger partial charge in [0.05, 0.1) is 0 Å². The molecule has 116 valence electrons. The molecule has 0 radical (unpaired) electrons. The minimum absolute atomic E-state index is 0. The zero-order valence-electron chi connectivity index (χ0n) is 12.7. The summed E-state index contributed by atoms with van der Waals surface area (Å²) in [6, 6.07) is 18.1. The topological polar surface area (TPSA) is 3.24 Å².